The number of fused-ring (bicyclic) bond motifs is 1. The average molecular weight is 394 g/mol. The number of carbonyl (C=O) groups excluding carboxylic acids is 1. The molecule has 0 fully saturated rings. The first-order valence-electron chi connectivity index (χ1n) is 8.14. The minimum atomic E-state index is -4.87. The van der Waals surface area contributed by atoms with Crippen molar-refractivity contribution in [1.82, 2.24) is 19.9 Å². The number of alkyl halides is 3. The number of benzene rings is 1. The van der Waals surface area contributed by atoms with Crippen molar-refractivity contribution in [3.8, 4) is 0 Å². The van der Waals surface area contributed by atoms with Gasteiger partial charge in [-0.05, 0) is 19.1 Å². The zero-order valence-corrected chi connectivity index (χ0v) is 14.5. The number of aryl methyl sites for hydroxylation is 1. The summed E-state index contributed by atoms with van der Waals surface area (Å²) >= 11 is 0. The maximum absolute atomic E-state index is 14.3. The maximum Gasteiger partial charge on any atom is 0.431 e. The number of amides is 1. The molecule has 0 aliphatic rings. The lowest BCUT2D eigenvalue weighted by Gasteiger charge is -2.19. The highest BCUT2D eigenvalue weighted by atomic mass is 19.4. The van der Waals surface area contributed by atoms with Gasteiger partial charge in [-0.25, -0.2) is 9.37 Å². The molecule has 28 heavy (non-hydrogen) atoms. The Hall–Kier alpha value is -3.30. The highest BCUT2D eigenvalue weighted by Gasteiger charge is 2.35. The summed E-state index contributed by atoms with van der Waals surface area (Å²) in [5.41, 5.74) is -2.10. The minimum Gasteiger partial charge on any atom is -0.349 e. The Kier molecular flexibility index (Phi) is 5.12. The lowest BCUT2D eigenvalue weighted by atomic mass is 10.1. The second-order valence-electron chi connectivity index (χ2n) is 5.98. The molecular formula is C18H14F4N4O2. The van der Waals surface area contributed by atoms with Crippen LogP contribution < -0.4 is 10.7 Å². The topological polar surface area (TPSA) is 76.9 Å². The smallest absolute Gasteiger partial charge is 0.349 e. The molecule has 10 heteroatoms. The van der Waals surface area contributed by atoms with Crippen LogP contribution >= 0.6 is 0 Å². The Bertz CT molecular complexity index is 1090. The van der Waals surface area contributed by atoms with Crippen LogP contribution in [0, 0.1) is 12.7 Å². The van der Waals surface area contributed by atoms with Gasteiger partial charge in [0, 0.05) is 30.7 Å². The van der Waals surface area contributed by atoms with Gasteiger partial charge in [0.1, 0.15) is 17.2 Å². The number of aromatic nitrogens is 3. The van der Waals surface area contributed by atoms with Crippen LogP contribution in [0.4, 0.5) is 17.6 Å². The molecule has 0 bridgehead atoms. The van der Waals surface area contributed by atoms with Crippen LogP contribution in [0.25, 0.3) is 10.9 Å². The largest absolute Gasteiger partial charge is 0.431 e. The highest BCUT2D eigenvalue weighted by Crippen LogP contribution is 2.31. The number of rotatable bonds is 4. The third-order valence-corrected chi connectivity index (χ3v) is 4.01. The van der Waals surface area contributed by atoms with Crippen LogP contribution in [0.1, 0.15) is 21.9 Å². The fourth-order valence-corrected chi connectivity index (χ4v) is 2.74. The quantitative estimate of drug-likeness (QED) is 0.691. The van der Waals surface area contributed by atoms with E-state index in [2.05, 4.69) is 15.3 Å². The molecule has 0 radical (unpaired) electrons. The first kappa shape index (κ1) is 19.5. The molecule has 1 amide bonds. The van der Waals surface area contributed by atoms with Gasteiger partial charge in [-0.3, -0.25) is 14.6 Å². The normalized spacial score (nSPS) is 11.6. The van der Waals surface area contributed by atoms with Crippen molar-refractivity contribution >= 4 is 16.8 Å². The van der Waals surface area contributed by atoms with E-state index in [0.29, 0.717) is 16.3 Å². The van der Waals surface area contributed by atoms with Crippen molar-refractivity contribution in [3.63, 3.8) is 0 Å². The van der Waals surface area contributed by atoms with E-state index in [-0.39, 0.29) is 17.6 Å². The van der Waals surface area contributed by atoms with E-state index in [0.717, 1.165) is 6.07 Å². The number of hydrogen-bond acceptors (Lipinski definition) is 4. The Labute approximate surface area is 155 Å². The average Bonchev–Trinajstić information content (AvgIpc) is 2.63. The van der Waals surface area contributed by atoms with E-state index in [1.54, 1.807) is 6.92 Å². The molecule has 2 heterocycles. The van der Waals surface area contributed by atoms with Gasteiger partial charge < -0.3 is 9.88 Å². The first-order chi connectivity index (χ1) is 13.2. The molecule has 3 aromatic rings. The maximum atomic E-state index is 14.3. The van der Waals surface area contributed by atoms with E-state index in [1.165, 1.54) is 24.5 Å². The standard InChI is InChI=1S/C18H14F4N4O2/c1-10-8-25-13(9-24-10)17(28)23-5-6-26-15(18(20,21)22)7-14(27)11-3-2-4-12(19)16(11)26/h2-4,7-9H,5-6H2,1H3,(H,23,28). The Morgan fingerprint density at radius 3 is 2.61 bits per heavy atom. The number of nitrogens with zero attached hydrogens (tertiary/aromatic N) is 3. The summed E-state index contributed by atoms with van der Waals surface area (Å²) in [6.45, 7) is 1.03. The van der Waals surface area contributed by atoms with Crippen LogP contribution in [0.15, 0.2) is 41.5 Å². The van der Waals surface area contributed by atoms with Gasteiger partial charge in [0.25, 0.3) is 5.91 Å². The van der Waals surface area contributed by atoms with E-state index in [1.807, 2.05) is 0 Å². The summed E-state index contributed by atoms with van der Waals surface area (Å²) in [4.78, 5) is 31.8. The summed E-state index contributed by atoms with van der Waals surface area (Å²) in [7, 11) is 0. The van der Waals surface area contributed by atoms with Crippen molar-refractivity contribution in [2.75, 3.05) is 6.54 Å². The fourth-order valence-electron chi connectivity index (χ4n) is 2.74. The van der Waals surface area contributed by atoms with E-state index >= 15 is 0 Å². The van der Waals surface area contributed by atoms with Crippen molar-refractivity contribution in [2.45, 2.75) is 19.6 Å². The van der Waals surface area contributed by atoms with Gasteiger partial charge in [-0.15, -0.1) is 0 Å². The molecular weight excluding hydrogens is 380 g/mol. The predicted molar refractivity (Wildman–Crippen MR) is 92.3 cm³/mol. The van der Waals surface area contributed by atoms with Crippen molar-refractivity contribution < 1.29 is 22.4 Å². The number of nitrogens with one attached hydrogen (secondary N) is 1. The number of hydrogen-bond donors (Lipinski definition) is 1. The monoisotopic (exact) mass is 394 g/mol. The van der Waals surface area contributed by atoms with Crippen molar-refractivity contribution in [1.29, 1.82) is 0 Å². The van der Waals surface area contributed by atoms with Crippen LogP contribution in [-0.2, 0) is 12.7 Å². The number of para-hydroxylation sites is 1. The van der Waals surface area contributed by atoms with E-state index < -0.39 is 41.1 Å². The van der Waals surface area contributed by atoms with Crippen LogP contribution in [0.5, 0.6) is 0 Å². The van der Waals surface area contributed by atoms with Crippen molar-refractivity contribution in [3.05, 3.63) is 69.8 Å². The highest BCUT2D eigenvalue weighted by molar-refractivity contribution is 5.91. The summed E-state index contributed by atoms with van der Waals surface area (Å²) in [6, 6.07) is 3.89. The molecule has 6 nitrogen and oxygen atoms in total. The number of carbonyl (C=O) groups is 1. The summed E-state index contributed by atoms with van der Waals surface area (Å²) in [5, 5.41) is 2.24. The lowest BCUT2D eigenvalue weighted by Crippen LogP contribution is -2.31. The summed E-state index contributed by atoms with van der Waals surface area (Å²) in [6.07, 6.45) is -2.26. The molecule has 0 unspecified atom stereocenters. The summed E-state index contributed by atoms with van der Waals surface area (Å²) in [5.74, 6) is -1.59. The fraction of sp³-hybridized carbons (Fsp3) is 0.222. The zero-order chi connectivity index (χ0) is 20.5. The van der Waals surface area contributed by atoms with Gasteiger partial charge in [0.15, 0.2) is 5.43 Å². The van der Waals surface area contributed by atoms with Gasteiger partial charge >= 0.3 is 6.18 Å². The molecule has 1 aromatic carbocycles. The van der Waals surface area contributed by atoms with Gasteiger partial charge in [-0.1, -0.05) is 6.07 Å². The van der Waals surface area contributed by atoms with Crippen LogP contribution in [0.2, 0.25) is 0 Å². The molecule has 1 N–H and O–H groups in total. The zero-order valence-electron chi connectivity index (χ0n) is 14.5. The molecule has 0 saturated heterocycles. The molecule has 2 aromatic heterocycles. The molecule has 0 atom stereocenters. The van der Waals surface area contributed by atoms with Crippen LogP contribution in [-0.4, -0.2) is 27.0 Å². The van der Waals surface area contributed by atoms with Gasteiger partial charge in [0.2, 0.25) is 0 Å². The Morgan fingerprint density at radius 2 is 1.96 bits per heavy atom. The molecule has 3 rings (SSSR count). The third kappa shape index (κ3) is 3.85. The third-order valence-electron chi connectivity index (χ3n) is 4.01. The van der Waals surface area contributed by atoms with E-state index in [4.69, 9.17) is 0 Å². The Balaban J connectivity index is 1.93. The first-order valence-corrected chi connectivity index (χ1v) is 8.14. The van der Waals surface area contributed by atoms with E-state index in [9.17, 15) is 27.2 Å². The molecule has 146 valence electrons. The SMILES string of the molecule is Cc1cnc(C(=O)NCCn2c(C(F)(F)F)cc(=O)c3cccc(F)c32)cn1. The number of pyridine rings is 1. The second-order valence-corrected chi connectivity index (χ2v) is 5.98. The van der Waals surface area contributed by atoms with Gasteiger partial charge in [0.05, 0.1) is 17.4 Å². The lowest BCUT2D eigenvalue weighted by molar-refractivity contribution is -0.143. The Morgan fingerprint density at radius 1 is 1.21 bits per heavy atom. The number of halogens is 4. The predicted octanol–water partition coefficient (Wildman–Crippen LogP) is 2.69. The minimum absolute atomic E-state index is 0.00223. The van der Waals surface area contributed by atoms with Crippen LogP contribution in [0.3, 0.4) is 0 Å². The molecule has 0 aliphatic heterocycles. The van der Waals surface area contributed by atoms with Crippen molar-refractivity contribution in [2.24, 2.45) is 0 Å². The molecule has 0 spiro atoms. The second kappa shape index (κ2) is 7.37. The summed E-state index contributed by atoms with van der Waals surface area (Å²) < 4.78 is 55.1. The van der Waals surface area contributed by atoms with Gasteiger partial charge in [-0.2, -0.15) is 13.2 Å². The molecule has 0 saturated carbocycles. The molecule has 0 aliphatic carbocycles.